The average Bonchev–Trinajstić information content (AvgIpc) is 3.08. The third-order valence-electron chi connectivity index (χ3n) is 6.95. The van der Waals surface area contributed by atoms with Crippen LogP contribution in [0, 0.1) is 23.2 Å². The zero-order valence-electron chi connectivity index (χ0n) is 16.1. The van der Waals surface area contributed by atoms with Gasteiger partial charge in [-0.2, -0.15) is 0 Å². The van der Waals surface area contributed by atoms with Crippen LogP contribution in [-0.2, 0) is 11.3 Å². The molecule has 0 saturated heterocycles. The molecule has 1 heterocycles. The Morgan fingerprint density at radius 1 is 1.18 bits per heavy atom. The minimum atomic E-state index is -0.166. The van der Waals surface area contributed by atoms with Gasteiger partial charge in [0.25, 0.3) is 0 Å². The fourth-order valence-electron chi connectivity index (χ4n) is 6.17. The Morgan fingerprint density at radius 3 is 2.43 bits per heavy atom. The predicted octanol–water partition coefficient (Wildman–Crippen LogP) is 4.55. The Balaban J connectivity index is 1.42. The maximum absolute atomic E-state index is 13.2. The molecule has 0 aliphatic heterocycles. The zero-order chi connectivity index (χ0) is 19.1. The van der Waals surface area contributed by atoms with Crippen molar-refractivity contribution in [2.24, 2.45) is 28.3 Å². The Kier molecular flexibility index (Phi) is 4.50. The number of nitrogens with one attached hydrogen (secondary N) is 1. The second-order valence-electron chi connectivity index (χ2n) is 8.92. The van der Waals surface area contributed by atoms with E-state index in [-0.39, 0.29) is 11.3 Å². The Morgan fingerprint density at radius 2 is 1.82 bits per heavy atom. The number of hydrogen-bond acceptors (Lipinski definition) is 3. The fraction of sp³-hybridized carbons (Fsp3) is 0.478. The fourth-order valence-corrected chi connectivity index (χ4v) is 7.05. The first-order valence-corrected chi connectivity index (χ1v) is 11.2. The van der Waals surface area contributed by atoms with Crippen LogP contribution >= 0.6 is 11.3 Å². The largest absolute Gasteiger partial charge is 0.311 e. The van der Waals surface area contributed by atoms with Gasteiger partial charge in [-0.3, -0.25) is 4.79 Å². The SMILES string of the molecule is C=CCn1c(-c2ccccc2)csc1=NNC(=O)C12CC3CC(CC(C3)C1)C2. The van der Waals surface area contributed by atoms with Crippen LogP contribution in [0.5, 0.6) is 0 Å². The molecule has 4 nitrogen and oxygen atoms in total. The molecule has 0 atom stereocenters. The normalized spacial score (nSPS) is 31.1. The maximum Gasteiger partial charge on any atom is 0.246 e. The van der Waals surface area contributed by atoms with Gasteiger partial charge < -0.3 is 4.57 Å². The lowest BCUT2D eigenvalue weighted by molar-refractivity contribution is -0.146. The highest BCUT2D eigenvalue weighted by atomic mass is 32.1. The first kappa shape index (κ1) is 17.9. The topological polar surface area (TPSA) is 46.4 Å². The summed E-state index contributed by atoms with van der Waals surface area (Å²) < 4.78 is 2.12. The van der Waals surface area contributed by atoms with Crippen LogP contribution in [0.4, 0.5) is 0 Å². The molecule has 146 valence electrons. The zero-order valence-corrected chi connectivity index (χ0v) is 17.0. The summed E-state index contributed by atoms with van der Waals surface area (Å²) in [7, 11) is 0. The number of nitrogens with zero attached hydrogens (tertiary/aromatic N) is 2. The molecule has 0 radical (unpaired) electrons. The van der Waals surface area contributed by atoms with Gasteiger partial charge in [-0.25, -0.2) is 5.43 Å². The van der Waals surface area contributed by atoms with E-state index in [1.165, 1.54) is 19.3 Å². The molecule has 0 spiro atoms. The highest BCUT2D eigenvalue weighted by Gasteiger charge is 2.54. The van der Waals surface area contributed by atoms with Crippen molar-refractivity contribution in [2.45, 2.75) is 45.1 Å². The van der Waals surface area contributed by atoms with Crippen molar-refractivity contribution >= 4 is 17.2 Å². The molecule has 4 bridgehead atoms. The summed E-state index contributed by atoms with van der Waals surface area (Å²) >= 11 is 1.56. The Labute approximate surface area is 170 Å². The van der Waals surface area contributed by atoms with E-state index in [4.69, 9.17) is 0 Å². The lowest BCUT2D eigenvalue weighted by atomic mass is 9.49. The Bertz CT molecular complexity index is 920. The third kappa shape index (κ3) is 3.06. The monoisotopic (exact) mass is 393 g/mol. The molecule has 4 saturated carbocycles. The molecule has 4 fully saturated rings. The van der Waals surface area contributed by atoms with Gasteiger partial charge in [0.1, 0.15) is 0 Å². The van der Waals surface area contributed by atoms with Gasteiger partial charge in [0.05, 0.1) is 11.1 Å². The third-order valence-corrected chi connectivity index (χ3v) is 7.82. The molecule has 4 aliphatic rings. The summed E-state index contributed by atoms with van der Waals surface area (Å²) in [5.41, 5.74) is 5.05. The van der Waals surface area contributed by atoms with Crippen molar-refractivity contribution in [3.63, 3.8) is 0 Å². The van der Waals surface area contributed by atoms with Gasteiger partial charge in [0.2, 0.25) is 10.7 Å². The molecule has 0 unspecified atom stereocenters. The van der Waals surface area contributed by atoms with Crippen LogP contribution in [0.2, 0.25) is 0 Å². The first-order chi connectivity index (χ1) is 13.7. The van der Waals surface area contributed by atoms with Crippen molar-refractivity contribution in [3.05, 3.63) is 53.2 Å². The lowest BCUT2D eigenvalue weighted by Gasteiger charge is -2.55. The molecule has 6 rings (SSSR count). The van der Waals surface area contributed by atoms with Crippen LogP contribution < -0.4 is 10.2 Å². The van der Waals surface area contributed by atoms with E-state index in [0.29, 0.717) is 6.54 Å². The average molecular weight is 394 g/mol. The number of carbonyl (C=O) groups is 1. The number of amides is 1. The van der Waals surface area contributed by atoms with Crippen molar-refractivity contribution in [1.29, 1.82) is 0 Å². The molecular formula is C23H27N3OS. The first-order valence-electron chi connectivity index (χ1n) is 10.4. The number of carbonyl (C=O) groups excluding carboxylic acids is 1. The van der Waals surface area contributed by atoms with E-state index in [1.54, 1.807) is 11.3 Å². The van der Waals surface area contributed by atoms with Crippen LogP contribution in [0.15, 0.2) is 53.5 Å². The van der Waals surface area contributed by atoms with Gasteiger partial charge in [-0.1, -0.05) is 36.4 Å². The Hall–Kier alpha value is -2.14. The van der Waals surface area contributed by atoms with Gasteiger partial charge in [0.15, 0.2) is 0 Å². The number of hydrogen-bond donors (Lipinski definition) is 1. The molecule has 1 aromatic carbocycles. The smallest absolute Gasteiger partial charge is 0.246 e. The molecular weight excluding hydrogens is 366 g/mol. The summed E-state index contributed by atoms with van der Waals surface area (Å²) in [6, 6.07) is 10.3. The molecule has 4 aliphatic carbocycles. The molecule has 28 heavy (non-hydrogen) atoms. The molecule has 1 aromatic heterocycles. The quantitative estimate of drug-likeness (QED) is 0.588. The highest BCUT2D eigenvalue weighted by Crippen LogP contribution is 2.60. The van der Waals surface area contributed by atoms with E-state index < -0.39 is 0 Å². The van der Waals surface area contributed by atoms with E-state index in [1.807, 2.05) is 24.3 Å². The van der Waals surface area contributed by atoms with Crippen molar-refractivity contribution in [1.82, 2.24) is 9.99 Å². The standard InChI is InChI=1S/C23H27N3OS/c1-2-8-26-20(19-6-4-3-5-7-19)15-28-22(26)25-24-21(27)23-12-16-9-17(13-23)11-18(10-16)14-23/h2-7,15-18H,1,8-14H2,(H,24,27). The maximum atomic E-state index is 13.2. The number of thiazole rings is 1. The molecule has 2 aromatic rings. The van der Waals surface area contributed by atoms with Gasteiger partial charge >= 0.3 is 0 Å². The minimum Gasteiger partial charge on any atom is -0.311 e. The second-order valence-corrected chi connectivity index (χ2v) is 9.76. The molecule has 1 amide bonds. The number of aromatic nitrogens is 1. The number of allylic oxidation sites excluding steroid dienone is 1. The summed E-state index contributed by atoms with van der Waals surface area (Å²) in [6.45, 7) is 4.55. The number of rotatable bonds is 5. The molecule has 5 heteroatoms. The predicted molar refractivity (Wildman–Crippen MR) is 112 cm³/mol. The van der Waals surface area contributed by atoms with Crippen molar-refractivity contribution in [2.75, 3.05) is 0 Å². The van der Waals surface area contributed by atoms with E-state index in [2.05, 4.69) is 39.2 Å². The lowest BCUT2D eigenvalue weighted by Crippen LogP contribution is -2.53. The van der Waals surface area contributed by atoms with Crippen LogP contribution in [-0.4, -0.2) is 10.5 Å². The van der Waals surface area contributed by atoms with Crippen LogP contribution in [0.1, 0.15) is 38.5 Å². The van der Waals surface area contributed by atoms with Gasteiger partial charge in [0, 0.05) is 11.9 Å². The van der Waals surface area contributed by atoms with E-state index >= 15 is 0 Å². The second kappa shape index (κ2) is 7.03. The number of benzene rings is 1. The minimum absolute atomic E-state index is 0.145. The van der Waals surface area contributed by atoms with Crippen LogP contribution in [0.3, 0.4) is 0 Å². The summed E-state index contributed by atoms with van der Waals surface area (Å²) in [6.07, 6.45) is 9.09. The summed E-state index contributed by atoms with van der Waals surface area (Å²) in [5, 5.41) is 6.67. The van der Waals surface area contributed by atoms with E-state index in [9.17, 15) is 4.79 Å². The van der Waals surface area contributed by atoms with Gasteiger partial charge in [-0.15, -0.1) is 23.0 Å². The van der Waals surface area contributed by atoms with Gasteiger partial charge in [-0.05, 0) is 61.8 Å². The molecule has 1 N–H and O–H groups in total. The van der Waals surface area contributed by atoms with Crippen LogP contribution in [0.25, 0.3) is 11.3 Å². The highest BCUT2D eigenvalue weighted by molar-refractivity contribution is 7.07. The summed E-state index contributed by atoms with van der Waals surface area (Å²) in [5.74, 6) is 2.42. The van der Waals surface area contributed by atoms with Crippen molar-refractivity contribution < 1.29 is 4.79 Å². The van der Waals surface area contributed by atoms with Crippen molar-refractivity contribution in [3.8, 4) is 11.3 Å². The van der Waals surface area contributed by atoms with E-state index in [0.717, 1.165) is 53.1 Å². The summed E-state index contributed by atoms with van der Waals surface area (Å²) in [4.78, 5) is 14.0.